The molecule has 1 fully saturated rings. The van der Waals surface area contributed by atoms with Crippen molar-refractivity contribution in [2.45, 2.75) is 38.0 Å². The highest BCUT2D eigenvalue weighted by molar-refractivity contribution is 5.78. The molecule has 0 aliphatic heterocycles. The van der Waals surface area contributed by atoms with Gasteiger partial charge in [-0.05, 0) is 61.3 Å². The Labute approximate surface area is 165 Å². The minimum absolute atomic E-state index is 0.117. The van der Waals surface area contributed by atoms with Gasteiger partial charge in [-0.3, -0.25) is 4.79 Å². The highest BCUT2D eigenvalue weighted by Gasteiger charge is 2.26. The Balaban J connectivity index is 1.37. The molecular weight excluding hydrogens is 354 g/mol. The first-order chi connectivity index (χ1) is 13.6. The number of carbonyl (C=O) groups excluding carboxylic acids is 1. The largest absolute Gasteiger partial charge is 0.482 e. The zero-order valence-corrected chi connectivity index (χ0v) is 16.0. The highest BCUT2D eigenvalue weighted by atomic mass is 16.5. The molecule has 2 aromatic carbocycles. The number of benzene rings is 2. The summed E-state index contributed by atoms with van der Waals surface area (Å²) in [4.78, 5) is 22.9. The second-order valence-electron chi connectivity index (χ2n) is 7.33. The second-order valence-corrected chi connectivity index (χ2v) is 7.33. The molecule has 5 heteroatoms. The summed E-state index contributed by atoms with van der Waals surface area (Å²) in [6.07, 6.45) is 4.77. The van der Waals surface area contributed by atoms with Gasteiger partial charge in [0.1, 0.15) is 5.75 Å². The summed E-state index contributed by atoms with van der Waals surface area (Å²) in [7, 11) is 0. The first-order valence-corrected chi connectivity index (χ1v) is 9.88. The average Bonchev–Trinajstić information content (AvgIpc) is 2.74. The van der Waals surface area contributed by atoms with E-state index in [4.69, 9.17) is 9.84 Å². The van der Waals surface area contributed by atoms with Crippen LogP contribution in [0.2, 0.25) is 0 Å². The SMILES string of the molecule is O=C(O)COc1ccc(CCNC(=O)C2CCC(c3ccccc3)CC2)cc1. The quantitative estimate of drug-likeness (QED) is 0.730. The van der Waals surface area contributed by atoms with E-state index in [1.165, 1.54) is 5.56 Å². The third-order valence-electron chi connectivity index (χ3n) is 5.37. The Bertz CT molecular complexity index is 765. The number of hydrogen-bond donors (Lipinski definition) is 2. The van der Waals surface area contributed by atoms with E-state index < -0.39 is 5.97 Å². The summed E-state index contributed by atoms with van der Waals surface area (Å²) >= 11 is 0. The number of aliphatic carboxylic acids is 1. The fourth-order valence-corrected chi connectivity index (χ4v) is 3.79. The van der Waals surface area contributed by atoms with Crippen molar-refractivity contribution in [3.63, 3.8) is 0 Å². The number of carbonyl (C=O) groups is 2. The normalized spacial score (nSPS) is 19.0. The molecule has 0 saturated heterocycles. The molecule has 2 N–H and O–H groups in total. The van der Waals surface area contributed by atoms with E-state index in [9.17, 15) is 9.59 Å². The Morgan fingerprint density at radius 1 is 0.964 bits per heavy atom. The third kappa shape index (κ3) is 5.84. The van der Waals surface area contributed by atoms with Gasteiger partial charge in [-0.1, -0.05) is 42.5 Å². The number of amides is 1. The van der Waals surface area contributed by atoms with Gasteiger partial charge in [-0.25, -0.2) is 4.79 Å². The van der Waals surface area contributed by atoms with Crippen molar-refractivity contribution in [1.29, 1.82) is 0 Å². The highest BCUT2D eigenvalue weighted by Crippen LogP contribution is 2.35. The zero-order chi connectivity index (χ0) is 19.8. The maximum atomic E-state index is 12.4. The number of rotatable bonds is 8. The molecule has 0 spiro atoms. The van der Waals surface area contributed by atoms with Crippen LogP contribution in [0.5, 0.6) is 5.75 Å². The fraction of sp³-hybridized carbons (Fsp3) is 0.391. The molecule has 0 bridgehead atoms. The van der Waals surface area contributed by atoms with Gasteiger partial charge >= 0.3 is 5.97 Å². The lowest BCUT2D eigenvalue weighted by molar-refractivity contribution is -0.139. The summed E-state index contributed by atoms with van der Waals surface area (Å²) < 4.78 is 5.12. The van der Waals surface area contributed by atoms with Gasteiger partial charge in [0.15, 0.2) is 6.61 Å². The van der Waals surface area contributed by atoms with Gasteiger partial charge in [0.25, 0.3) is 0 Å². The van der Waals surface area contributed by atoms with E-state index >= 15 is 0 Å². The molecule has 28 heavy (non-hydrogen) atoms. The predicted octanol–water partition coefficient (Wildman–Crippen LogP) is 3.78. The summed E-state index contributed by atoms with van der Waals surface area (Å²) in [5, 5.41) is 11.7. The maximum absolute atomic E-state index is 12.4. The Kier molecular flexibility index (Phi) is 7.06. The molecule has 1 saturated carbocycles. The van der Waals surface area contributed by atoms with E-state index in [0.717, 1.165) is 37.7 Å². The molecule has 1 aliphatic rings. The molecule has 1 amide bonds. The summed E-state index contributed by atoms with van der Waals surface area (Å²) in [6.45, 7) is 0.259. The van der Waals surface area contributed by atoms with Gasteiger partial charge in [-0.15, -0.1) is 0 Å². The molecule has 0 aromatic heterocycles. The van der Waals surface area contributed by atoms with Crippen LogP contribution < -0.4 is 10.1 Å². The molecule has 2 aromatic rings. The second kappa shape index (κ2) is 9.93. The van der Waals surface area contributed by atoms with Crippen molar-refractivity contribution in [3.05, 3.63) is 65.7 Å². The van der Waals surface area contributed by atoms with Crippen molar-refractivity contribution >= 4 is 11.9 Å². The first-order valence-electron chi connectivity index (χ1n) is 9.88. The van der Waals surface area contributed by atoms with Crippen LogP contribution in [0, 0.1) is 5.92 Å². The van der Waals surface area contributed by atoms with E-state index in [-0.39, 0.29) is 18.4 Å². The van der Waals surface area contributed by atoms with Gasteiger partial charge in [0, 0.05) is 12.5 Å². The van der Waals surface area contributed by atoms with Crippen molar-refractivity contribution < 1.29 is 19.4 Å². The molecule has 148 valence electrons. The van der Waals surface area contributed by atoms with E-state index in [1.54, 1.807) is 12.1 Å². The Morgan fingerprint density at radius 3 is 2.29 bits per heavy atom. The molecule has 0 radical (unpaired) electrons. The molecule has 0 atom stereocenters. The maximum Gasteiger partial charge on any atom is 0.341 e. The number of carboxylic acid groups (broad SMARTS) is 1. The van der Waals surface area contributed by atoms with Crippen LogP contribution in [0.3, 0.4) is 0 Å². The molecule has 1 aliphatic carbocycles. The van der Waals surface area contributed by atoms with Crippen LogP contribution in [0.25, 0.3) is 0 Å². The number of carboxylic acids is 1. The smallest absolute Gasteiger partial charge is 0.341 e. The first kappa shape index (κ1) is 19.9. The van der Waals surface area contributed by atoms with Crippen molar-refractivity contribution in [3.8, 4) is 5.75 Å². The Hall–Kier alpha value is -2.82. The number of ether oxygens (including phenoxy) is 1. The van der Waals surface area contributed by atoms with Crippen LogP contribution in [0.4, 0.5) is 0 Å². The molecule has 0 unspecified atom stereocenters. The minimum atomic E-state index is -0.996. The van der Waals surface area contributed by atoms with Crippen LogP contribution in [-0.2, 0) is 16.0 Å². The van der Waals surface area contributed by atoms with Gasteiger partial charge in [0.05, 0.1) is 0 Å². The summed E-state index contributed by atoms with van der Waals surface area (Å²) in [5.41, 5.74) is 2.47. The molecule has 3 rings (SSSR count). The molecular formula is C23H27NO4. The van der Waals surface area contributed by atoms with Gasteiger partial charge in [0.2, 0.25) is 5.91 Å². The number of hydrogen-bond acceptors (Lipinski definition) is 3. The lowest BCUT2D eigenvalue weighted by Gasteiger charge is -2.28. The van der Waals surface area contributed by atoms with Crippen molar-refractivity contribution in [2.75, 3.05) is 13.2 Å². The molecule has 5 nitrogen and oxygen atoms in total. The zero-order valence-electron chi connectivity index (χ0n) is 16.0. The van der Waals surface area contributed by atoms with Crippen molar-refractivity contribution in [1.82, 2.24) is 5.32 Å². The van der Waals surface area contributed by atoms with Crippen LogP contribution >= 0.6 is 0 Å². The van der Waals surface area contributed by atoms with E-state index in [1.807, 2.05) is 18.2 Å². The van der Waals surface area contributed by atoms with Gasteiger partial charge < -0.3 is 15.2 Å². The number of nitrogens with one attached hydrogen (secondary N) is 1. The standard InChI is InChI=1S/C23H27NO4/c25-22(26)16-28-21-12-6-17(7-13-21)14-15-24-23(27)20-10-8-19(9-11-20)18-4-2-1-3-5-18/h1-7,12-13,19-20H,8-11,14-16H2,(H,24,27)(H,25,26). The van der Waals surface area contributed by atoms with Crippen molar-refractivity contribution in [2.24, 2.45) is 5.92 Å². The Morgan fingerprint density at radius 2 is 1.64 bits per heavy atom. The fourth-order valence-electron chi connectivity index (χ4n) is 3.79. The lowest BCUT2D eigenvalue weighted by atomic mass is 9.78. The predicted molar refractivity (Wildman–Crippen MR) is 107 cm³/mol. The summed E-state index contributed by atoms with van der Waals surface area (Å²) in [6, 6.07) is 17.9. The van der Waals surface area contributed by atoms with Gasteiger partial charge in [-0.2, -0.15) is 0 Å². The van der Waals surface area contributed by atoms with E-state index in [0.29, 0.717) is 18.2 Å². The summed E-state index contributed by atoms with van der Waals surface area (Å²) in [5.74, 6) is 0.391. The minimum Gasteiger partial charge on any atom is -0.482 e. The van der Waals surface area contributed by atoms with E-state index in [2.05, 4.69) is 29.6 Å². The monoisotopic (exact) mass is 381 g/mol. The van der Waals surface area contributed by atoms with Crippen LogP contribution in [-0.4, -0.2) is 30.1 Å². The third-order valence-corrected chi connectivity index (χ3v) is 5.37. The topological polar surface area (TPSA) is 75.6 Å². The average molecular weight is 381 g/mol. The van der Waals surface area contributed by atoms with Crippen LogP contribution in [0.15, 0.2) is 54.6 Å². The molecule has 0 heterocycles. The van der Waals surface area contributed by atoms with Crippen LogP contribution in [0.1, 0.15) is 42.7 Å². The lowest BCUT2D eigenvalue weighted by Crippen LogP contribution is -2.34.